The molecule has 4 nitrogen and oxygen atoms in total. The smallest absolute Gasteiger partial charge is 0.252 e. The van der Waals surface area contributed by atoms with Crippen molar-refractivity contribution in [2.75, 3.05) is 5.01 Å². The molecule has 0 aromatic heterocycles. The number of carbonyl (C=O) groups is 1. The van der Waals surface area contributed by atoms with Gasteiger partial charge in [0, 0.05) is 5.56 Å². The fourth-order valence-electron chi connectivity index (χ4n) is 1.10. The minimum atomic E-state index is -0.460. The lowest BCUT2D eigenvalue weighted by molar-refractivity contribution is 0.108. The van der Waals surface area contributed by atoms with E-state index in [0.717, 1.165) is 5.69 Å². The van der Waals surface area contributed by atoms with Crippen molar-refractivity contribution < 1.29 is 9.63 Å². The van der Waals surface area contributed by atoms with Gasteiger partial charge in [0.2, 0.25) is 0 Å². The maximum Gasteiger partial charge on any atom is 0.252 e. The molecule has 0 amide bonds. The molecule has 1 aromatic rings. The Labute approximate surface area is 85.6 Å². The molecule has 0 aliphatic carbocycles. The van der Waals surface area contributed by atoms with Crippen LogP contribution in [0.2, 0.25) is 0 Å². The molecule has 14 heavy (non-hydrogen) atoms. The first kappa shape index (κ1) is 9.05. The third kappa shape index (κ3) is 1.71. The van der Waals surface area contributed by atoms with E-state index in [-0.39, 0.29) is 0 Å². The molecule has 1 heterocycles. The van der Waals surface area contributed by atoms with Crippen LogP contribution in [-0.4, -0.2) is 5.24 Å². The topological polar surface area (TPSA) is 41.6 Å². The average Bonchev–Trinajstić information content (AvgIpc) is 2.71. The third-order valence-electron chi connectivity index (χ3n) is 1.80. The van der Waals surface area contributed by atoms with Gasteiger partial charge < -0.3 is 4.84 Å². The normalized spacial score (nSPS) is 14.2. The van der Waals surface area contributed by atoms with Crippen LogP contribution >= 0.6 is 11.6 Å². The van der Waals surface area contributed by atoms with Crippen LogP contribution in [0.15, 0.2) is 36.7 Å². The molecule has 0 saturated carbocycles. The molecule has 0 spiro atoms. The van der Waals surface area contributed by atoms with Gasteiger partial charge in [0.1, 0.15) is 6.26 Å². The quantitative estimate of drug-likeness (QED) is 0.756. The zero-order valence-electron chi connectivity index (χ0n) is 7.11. The largest absolute Gasteiger partial charge is 0.395 e. The number of nitrogens with zero attached hydrogens (tertiary/aromatic N) is 1. The average molecular weight is 211 g/mol. The summed E-state index contributed by atoms with van der Waals surface area (Å²) in [6.45, 7) is 0. The van der Waals surface area contributed by atoms with Crippen molar-refractivity contribution in [3.63, 3.8) is 0 Å². The van der Waals surface area contributed by atoms with Gasteiger partial charge in [-0.05, 0) is 35.9 Å². The SMILES string of the molecule is O=C(Cl)c1ccc(N2C=CON2)cc1. The van der Waals surface area contributed by atoms with Crippen LogP contribution in [0.3, 0.4) is 0 Å². The maximum atomic E-state index is 10.8. The van der Waals surface area contributed by atoms with Gasteiger partial charge in [-0.1, -0.05) is 5.59 Å². The number of benzene rings is 1. The number of rotatable bonds is 2. The number of halogens is 1. The molecule has 0 unspecified atom stereocenters. The third-order valence-corrected chi connectivity index (χ3v) is 2.02. The Hall–Kier alpha value is -1.52. The van der Waals surface area contributed by atoms with Crippen LogP contribution in [0.1, 0.15) is 10.4 Å². The minimum Gasteiger partial charge on any atom is -0.395 e. The lowest BCUT2D eigenvalue weighted by atomic mass is 10.2. The highest BCUT2D eigenvalue weighted by Crippen LogP contribution is 2.16. The molecule has 0 saturated heterocycles. The van der Waals surface area contributed by atoms with Gasteiger partial charge in [0.15, 0.2) is 0 Å². The van der Waals surface area contributed by atoms with Crippen LogP contribution in [-0.2, 0) is 4.84 Å². The maximum absolute atomic E-state index is 10.8. The van der Waals surface area contributed by atoms with E-state index in [2.05, 4.69) is 5.59 Å². The summed E-state index contributed by atoms with van der Waals surface area (Å²) in [5.41, 5.74) is 3.96. The van der Waals surface area contributed by atoms with E-state index in [1.54, 1.807) is 35.5 Å². The van der Waals surface area contributed by atoms with E-state index >= 15 is 0 Å². The van der Waals surface area contributed by atoms with Crippen molar-refractivity contribution >= 4 is 22.5 Å². The summed E-state index contributed by atoms with van der Waals surface area (Å²) in [4.78, 5) is 15.6. The highest BCUT2D eigenvalue weighted by molar-refractivity contribution is 6.67. The molecule has 1 aliphatic heterocycles. The minimum absolute atomic E-state index is 0.460. The summed E-state index contributed by atoms with van der Waals surface area (Å²) >= 11 is 5.31. The van der Waals surface area contributed by atoms with Gasteiger partial charge in [-0.25, -0.2) is 5.01 Å². The first-order valence-corrected chi connectivity index (χ1v) is 4.32. The van der Waals surface area contributed by atoms with E-state index in [1.807, 2.05) is 0 Å². The molecular weight excluding hydrogens is 204 g/mol. The van der Waals surface area contributed by atoms with Crippen molar-refractivity contribution in [3.05, 3.63) is 42.3 Å². The second kappa shape index (κ2) is 3.69. The first-order valence-electron chi connectivity index (χ1n) is 3.94. The summed E-state index contributed by atoms with van der Waals surface area (Å²) in [7, 11) is 0. The van der Waals surface area contributed by atoms with Gasteiger partial charge >= 0.3 is 0 Å². The predicted octanol–water partition coefficient (Wildman–Crippen LogP) is 1.79. The molecule has 1 N–H and O–H groups in total. The van der Waals surface area contributed by atoms with Gasteiger partial charge in [-0.3, -0.25) is 4.79 Å². The highest BCUT2D eigenvalue weighted by Gasteiger charge is 2.08. The fourth-order valence-corrected chi connectivity index (χ4v) is 1.23. The van der Waals surface area contributed by atoms with E-state index < -0.39 is 5.24 Å². The lowest BCUT2D eigenvalue weighted by Gasteiger charge is -2.13. The van der Waals surface area contributed by atoms with Crippen molar-refractivity contribution in [2.24, 2.45) is 0 Å². The Bertz CT molecular complexity index is 375. The van der Waals surface area contributed by atoms with E-state index in [0.29, 0.717) is 5.56 Å². The van der Waals surface area contributed by atoms with Gasteiger partial charge in [-0.15, -0.1) is 0 Å². The van der Waals surface area contributed by atoms with E-state index in [9.17, 15) is 4.79 Å². The number of nitrogens with one attached hydrogen (secondary N) is 1. The van der Waals surface area contributed by atoms with Crippen molar-refractivity contribution in [3.8, 4) is 0 Å². The Morgan fingerprint density at radius 2 is 2.07 bits per heavy atom. The Kier molecular flexibility index (Phi) is 2.39. The molecule has 1 aliphatic rings. The van der Waals surface area contributed by atoms with Gasteiger partial charge in [-0.2, -0.15) is 0 Å². The van der Waals surface area contributed by atoms with E-state index in [1.165, 1.54) is 6.26 Å². The predicted molar refractivity (Wildman–Crippen MR) is 52.5 cm³/mol. The zero-order chi connectivity index (χ0) is 9.97. The number of hydrogen-bond acceptors (Lipinski definition) is 4. The molecule has 0 fully saturated rings. The monoisotopic (exact) mass is 210 g/mol. The van der Waals surface area contributed by atoms with Crippen LogP contribution in [0.4, 0.5) is 5.69 Å². The van der Waals surface area contributed by atoms with Crippen molar-refractivity contribution in [1.29, 1.82) is 0 Å². The number of anilines is 1. The number of carbonyl (C=O) groups excluding carboxylic acids is 1. The second-order valence-corrected chi connectivity index (χ2v) is 3.03. The summed E-state index contributed by atoms with van der Waals surface area (Å²) in [6.07, 6.45) is 3.23. The summed E-state index contributed by atoms with van der Waals surface area (Å²) in [5.74, 6) is 0. The first-order chi connectivity index (χ1) is 6.77. The van der Waals surface area contributed by atoms with Crippen LogP contribution in [0, 0.1) is 0 Å². The van der Waals surface area contributed by atoms with Gasteiger partial charge in [0.05, 0.1) is 11.9 Å². The van der Waals surface area contributed by atoms with Crippen LogP contribution in [0.25, 0.3) is 0 Å². The number of hydrazine groups is 1. The summed E-state index contributed by atoms with van der Waals surface area (Å²) in [6, 6.07) is 6.83. The molecule has 0 bridgehead atoms. The zero-order valence-corrected chi connectivity index (χ0v) is 7.86. The molecule has 0 radical (unpaired) electrons. The second-order valence-electron chi connectivity index (χ2n) is 2.68. The Morgan fingerprint density at radius 3 is 2.57 bits per heavy atom. The lowest BCUT2D eigenvalue weighted by Crippen LogP contribution is -2.26. The molecule has 0 atom stereocenters. The van der Waals surface area contributed by atoms with E-state index in [4.69, 9.17) is 16.4 Å². The molecule has 2 rings (SSSR count). The standard InChI is InChI=1S/C9H7ClN2O2/c10-9(13)7-1-3-8(4-2-7)12-5-6-14-11-12/h1-6,11H. The summed E-state index contributed by atoms with van der Waals surface area (Å²) < 4.78 is 0. The molecular formula is C9H7ClN2O2. The van der Waals surface area contributed by atoms with Crippen LogP contribution < -0.4 is 10.6 Å². The molecule has 72 valence electrons. The van der Waals surface area contributed by atoms with Gasteiger partial charge in [0.25, 0.3) is 5.24 Å². The van der Waals surface area contributed by atoms with Crippen molar-refractivity contribution in [1.82, 2.24) is 5.59 Å². The molecule has 1 aromatic carbocycles. The molecule has 5 heteroatoms. The Morgan fingerprint density at radius 1 is 1.36 bits per heavy atom. The Balaban J connectivity index is 2.21. The van der Waals surface area contributed by atoms with Crippen LogP contribution in [0.5, 0.6) is 0 Å². The number of hydrogen-bond donors (Lipinski definition) is 1. The highest BCUT2D eigenvalue weighted by atomic mass is 35.5. The fraction of sp³-hybridized carbons (Fsp3) is 0. The summed E-state index contributed by atoms with van der Waals surface area (Å²) in [5, 5.41) is 1.21. The van der Waals surface area contributed by atoms with Crippen molar-refractivity contribution in [2.45, 2.75) is 0 Å².